The van der Waals surface area contributed by atoms with Crippen LogP contribution < -0.4 is 10.0 Å². The second-order valence-electron chi connectivity index (χ2n) is 5.11. The largest absolute Gasteiger partial charge is 0.316 e. The minimum atomic E-state index is -3.48. The van der Waals surface area contributed by atoms with Crippen LogP contribution in [0.4, 0.5) is 0 Å². The van der Waals surface area contributed by atoms with E-state index in [4.69, 9.17) is 11.6 Å². The maximum absolute atomic E-state index is 12.4. The highest BCUT2D eigenvalue weighted by Crippen LogP contribution is 2.21. The summed E-state index contributed by atoms with van der Waals surface area (Å²) in [5, 5.41) is 3.80. The Bertz CT molecular complexity index is 563. The van der Waals surface area contributed by atoms with Crippen LogP contribution in [0.1, 0.15) is 18.9 Å². The maximum atomic E-state index is 12.4. The SMILES string of the molecule is Cc1cc(Cl)ccc1S(=O)(=O)NC1CCNCC1C.Cl. The standard InChI is InChI=1S/C13H19ClN2O2S.ClH/c1-9-7-11(14)3-4-13(9)19(17,18)16-12-5-6-15-8-10(12)2;/h3-4,7,10,12,15-16H,5-6,8H2,1-2H3;1H. The Labute approximate surface area is 131 Å². The number of hydrogen-bond donors (Lipinski definition) is 2. The molecule has 0 aliphatic carbocycles. The van der Waals surface area contributed by atoms with Crippen molar-refractivity contribution in [3.05, 3.63) is 28.8 Å². The van der Waals surface area contributed by atoms with Crippen molar-refractivity contribution >= 4 is 34.0 Å². The van der Waals surface area contributed by atoms with E-state index in [9.17, 15) is 8.42 Å². The molecule has 1 heterocycles. The Morgan fingerprint density at radius 1 is 1.40 bits per heavy atom. The van der Waals surface area contributed by atoms with Crippen LogP contribution >= 0.6 is 24.0 Å². The minimum Gasteiger partial charge on any atom is -0.316 e. The van der Waals surface area contributed by atoms with E-state index >= 15 is 0 Å². The van der Waals surface area contributed by atoms with E-state index in [-0.39, 0.29) is 24.4 Å². The number of benzene rings is 1. The lowest BCUT2D eigenvalue weighted by Gasteiger charge is -2.30. The fraction of sp³-hybridized carbons (Fsp3) is 0.538. The Kier molecular flexibility index (Phi) is 6.28. The zero-order chi connectivity index (χ0) is 14.0. The molecule has 2 unspecified atom stereocenters. The van der Waals surface area contributed by atoms with Gasteiger partial charge >= 0.3 is 0 Å². The van der Waals surface area contributed by atoms with Crippen LogP contribution in [0.25, 0.3) is 0 Å². The summed E-state index contributed by atoms with van der Waals surface area (Å²) < 4.78 is 27.6. The lowest BCUT2D eigenvalue weighted by atomic mass is 9.97. The molecule has 2 rings (SSSR count). The summed E-state index contributed by atoms with van der Waals surface area (Å²) in [5.41, 5.74) is 0.668. The van der Waals surface area contributed by atoms with Gasteiger partial charge in [0.1, 0.15) is 0 Å². The van der Waals surface area contributed by atoms with Crippen LogP contribution in [0, 0.1) is 12.8 Å². The molecule has 20 heavy (non-hydrogen) atoms. The highest BCUT2D eigenvalue weighted by molar-refractivity contribution is 7.89. The fourth-order valence-corrected chi connectivity index (χ4v) is 4.20. The van der Waals surface area contributed by atoms with Gasteiger partial charge in [-0.25, -0.2) is 13.1 Å². The lowest BCUT2D eigenvalue weighted by Crippen LogP contribution is -2.48. The number of sulfonamides is 1. The quantitative estimate of drug-likeness (QED) is 0.889. The van der Waals surface area contributed by atoms with E-state index in [1.165, 1.54) is 0 Å². The number of nitrogens with one attached hydrogen (secondary N) is 2. The molecule has 0 bridgehead atoms. The van der Waals surface area contributed by atoms with E-state index in [1.54, 1.807) is 25.1 Å². The average Bonchev–Trinajstić information content (AvgIpc) is 2.31. The van der Waals surface area contributed by atoms with Gasteiger partial charge in [0.05, 0.1) is 4.90 Å². The van der Waals surface area contributed by atoms with Gasteiger partial charge in [0.2, 0.25) is 10.0 Å². The Hall–Kier alpha value is -0.330. The number of hydrogen-bond acceptors (Lipinski definition) is 3. The lowest BCUT2D eigenvalue weighted by molar-refractivity contribution is 0.328. The van der Waals surface area contributed by atoms with Crippen LogP contribution in [0.5, 0.6) is 0 Å². The summed E-state index contributed by atoms with van der Waals surface area (Å²) in [6.07, 6.45) is 0.813. The van der Waals surface area contributed by atoms with Gasteiger partial charge in [0.15, 0.2) is 0 Å². The van der Waals surface area contributed by atoms with Crippen LogP contribution in [0.15, 0.2) is 23.1 Å². The van der Waals surface area contributed by atoms with Gasteiger partial charge in [0.25, 0.3) is 0 Å². The first-order valence-electron chi connectivity index (χ1n) is 6.39. The zero-order valence-electron chi connectivity index (χ0n) is 11.5. The van der Waals surface area contributed by atoms with Crippen LogP contribution in [-0.2, 0) is 10.0 Å². The topological polar surface area (TPSA) is 58.2 Å². The van der Waals surface area contributed by atoms with Crippen LogP contribution in [0.3, 0.4) is 0 Å². The average molecular weight is 339 g/mol. The first-order valence-corrected chi connectivity index (χ1v) is 8.25. The second kappa shape index (κ2) is 7.09. The molecule has 7 heteroatoms. The minimum absolute atomic E-state index is 0. The summed E-state index contributed by atoms with van der Waals surface area (Å²) in [6, 6.07) is 4.82. The van der Waals surface area contributed by atoms with Crippen molar-refractivity contribution in [3.8, 4) is 0 Å². The third kappa shape index (κ3) is 4.09. The zero-order valence-corrected chi connectivity index (χ0v) is 13.9. The third-order valence-corrected chi connectivity index (χ3v) is 5.40. The van der Waals surface area contributed by atoms with Gasteiger partial charge in [0, 0.05) is 11.1 Å². The van der Waals surface area contributed by atoms with E-state index in [1.807, 2.05) is 6.92 Å². The molecule has 1 aromatic rings. The first kappa shape index (κ1) is 17.7. The molecule has 1 fully saturated rings. The monoisotopic (exact) mass is 338 g/mol. The van der Waals surface area contributed by atoms with Crippen LogP contribution in [-0.4, -0.2) is 27.5 Å². The normalized spacial score (nSPS) is 23.1. The van der Waals surface area contributed by atoms with Gasteiger partial charge < -0.3 is 5.32 Å². The second-order valence-corrected chi connectivity index (χ2v) is 7.23. The Morgan fingerprint density at radius 2 is 2.10 bits per heavy atom. The predicted octanol–water partition coefficient (Wildman–Crippen LogP) is 2.35. The summed E-state index contributed by atoms with van der Waals surface area (Å²) in [6.45, 7) is 5.49. The van der Waals surface area contributed by atoms with Crippen molar-refractivity contribution in [2.75, 3.05) is 13.1 Å². The van der Waals surface area contributed by atoms with E-state index in [0.29, 0.717) is 15.5 Å². The molecule has 0 aromatic heterocycles. The summed E-state index contributed by atoms with van der Waals surface area (Å²) >= 11 is 5.86. The summed E-state index contributed by atoms with van der Waals surface area (Å²) in [4.78, 5) is 0.308. The molecule has 114 valence electrons. The van der Waals surface area contributed by atoms with E-state index < -0.39 is 10.0 Å². The van der Waals surface area contributed by atoms with Gasteiger partial charge in [-0.05, 0) is 56.1 Å². The molecule has 4 nitrogen and oxygen atoms in total. The van der Waals surface area contributed by atoms with Crippen molar-refractivity contribution in [2.24, 2.45) is 5.92 Å². The Morgan fingerprint density at radius 3 is 2.70 bits per heavy atom. The molecule has 1 aliphatic rings. The van der Waals surface area contributed by atoms with Gasteiger partial charge in [-0.15, -0.1) is 12.4 Å². The van der Waals surface area contributed by atoms with Crippen molar-refractivity contribution in [1.29, 1.82) is 0 Å². The molecule has 0 spiro atoms. The third-order valence-electron chi connectivity index (χ3n) is 3.52. The molecule has 1 aliphatic heterocycles. The molecule has 2 atom stereocenters. The van der Waals surface area contributed by atoms with Crippen molar-refractivity contribution in [3.63, 3.8) is 0 Å². The first-order chi connectivity index (χ1) is 8.90. The predicted molar refractivity (Wildman–Crippen MR) is 84.2 cm³/mol. The number of piperidine rings is 1. The molecule has 0 saturated carbocycles. The molecular formula is C13H20Cl2N2O2S. The molecule has 0 amide bonds. The molecule has 1 aromatic carbocycles. The molecule has 2 N–H and O–H groups in total. The van der Waals surface area contributed by atoms with E-state index in [0.717, 1.165) is 19.5 Å². The van der Waals surface area contributed by atoms with Crippen molar-refractivity contribution in [1.82, 2.24) is 10.0 Å². The molecule has 1 saturated heterocycles. The number of aryl methyl sites for hydroxylation is 1. The van der Waals surface area contributed by atoms with Gasteiger partial charge in [-0.2, -0.15) is 0 Å². The van der Waals surface area contributed by atoms with Gasteiger partial charge in [-0.1, -0.05) is 18.5 Å². The molecule has 0 radical (unpaired) electrons. The maximum Gasteiger partial charge on any atom is 0.241 e. The van der Waals surface area contributed by atoms with Crippen LogP contribution in [0.2, 0.25) is 5.02 Å². The Balaban J connectivity index is 0.00000200. The molecular weight excluding hydrogens is 319 g/mol. The van der Waals surface area contributed by atoms with Gasteiger partial charge in [-0.3, -0.25) is 0 Å². The highest BCUT2D eigenvalue weighted by atomic mass is 35.5. The number of halogens is 2. The summed E-state index contributed by atoms with van der Waals surface area (Å²) in [7, 11) is -3.48. The highest BCUT2D eigenvalue weighted by Gasteiger charge is 2.27. The fourth-order valence-electron chi connectivity index (χ4n) is 2.37. The summed E-state index contributed by atoms with van der Waals surface area (Å²) in [5.74, 6) is 0.288. The van der Waals surface area contributed by atoms with Crippen molar-refractivity contribution < 1.29 is 8.42 Å². The number of rotatable bonds is 3. The van der Waals surface area contributed by atoms with E-state index in [2.05, 4.69) is 10.0 Å². The smallest absolute Gasteiger partial charge is 0.241 e. The van der Waals surface area contributed by atoms with Crippen molar-refractivity contribution in [2.45, 2.75) is 31.2 Å².